The van der Waals surface area contributed by atoms with Crippen LogP contribution in [0.1, 0.15) is 16.1 Å². The Morgan fingerprint density at radius 2 is 2.38 bits per heavy atom. The Bertz CT molecular complexity index is 478. The minimum atomic E-state index is 0.671. The molecule has 0 aliphatic carbocycles. The maximum Gasteiger partial charge on any atom is 0.153 e. The zero-order valence-electron chi connectivity index (χ0n) is 6.87. The number of carbonyl (C=O) groups excluding carboxylic acids is 1. The number of carbonyl (C=O) groups is 1. The SMILES string of the molecule is Cc1cc(Br)c2scc(C=O)c2n1. The maximum absolute atomic E-state index is 10.7. The van der Waals surface area contributed by atoms with E-state index in [1.807, 2.05) is 18.4 Å². The van der Waals surface area contributed by atoms with E-state index in [4.69, 9.17) is 0 Å². The van der Waals surface area contributed by atoms with Gasteiger partial charge in [-0.1, -0.05) is 0 Å². The molecular formula is C9H6BrNOS. The molecule has 0 saturated carbocycles. The van der Waals surface area contributed by atoms with Crippen molar-refractivity contribution in [1.82, 2.24) is 4.98 Å². The van der Waals surface area contributed by atoms with Gasteiger partial charge in [0, 0.05) is 15.5 Å². The van der Waals surface area contributed by atoms with Gasteiger partial charge in [-0.05, 0) is 28.9 Å². The number of rotatable bonds is 1. The van der Waals surface area contributed by atoms with Crippen LogP contribution in [0, 0.1) is 6.92 Å². The van der Waals surface area contributed by atoms with Crippen molar-refractivity contribution in [2.24, 2.45) is 0 Å². The number of hydrogen-bond acceptors (Lipinski definition) is 3. The highest BCUT2D eigenvalue weighted by molar-refractivity contribution is 9.10. The van der Waals surface area contributed by atoms with Crippen LogP contribution in [0.4, 0.5) is 0 Å². The summed E-state index contributed by atoms with van der Waals surface area (Å²) in [4.78, 5) is 15.0. The predicted octanol–water partition coefficient (Wildman–Crippen LogP) is 3.18. The highest BCUT2D eigenvalue weighted by Crippen LogP contribution is 2.30. The van der Waals surface area contributed by atoms with Gasteiger partial charge in [-0.25, -0.2) is 0 Å². The van der Waals surface area contributed by atoms with Crippen molar-refractivity contribution in [3.63, 3.8) is 0 Å². The zero-order chi connectivity index (χ0) is 9.42. The highest BCUT2D eigenvalue weighted by Gasteiger charge is 2.07. The summed E-state index contributed by atoms with van der Waals surface area (Å²) >= 11 is 4.98. The average molecular weight is 256 g/mol. The lowest BCUT2D eigenvalue weighted by Gasteiger charge is -1.96. The number of pyridine rings is 1. The van der Waals surface area contributed by atoms with Crippen molar-refractivity contribution in [2.45, 2.75) is 6.92 Å². The molecule has 2 nitrogen and oxygen atoms in total. The molecule has 0 N–H and O–H groups in total. The molecule has 0 aliphatic heterocycles. The molecule has 0 spiro atoms. The maximum atomic E-state index is 10.7. The van der Waals surface area contributed by atoms with Crippen LogP contribution in [-0.2, 0) is 0 Å². The molecule has 0 aliphatic rings. The number of nitrogens with zero attached hydrogens (tertiary/aromatic N) is 1. The molecule has 0 unspecified atom stereocenters. The minimum absolute atomic E-state index is 0.671. The van der Waals surface area contributed by atoms with E-state index in [1.54, 1.807) is 0 Å². The Hall–Kier alpha value is -0.740. The Morgan fingerprint density at radius 3 is 3.08 bits per heavy atom. The first kappa shape index (κ1) is 8.84. The summed E-state index contributed by atoms with van der Waals surface area (Å²) in [5, 5.41) is 1.83. The van der Waals surface area contributed by atoms with Crippen molar-refractivity contribution >= 4 is 43.8 Å². The summed E-state index contributed by atoms with van der Waals surface area (Å²) in [6, 6.07) is 1.95. The van der Waals surface area contributed by atoms with E-state index in [9.17, 15) is 4.79 Å². The summed E-state index contributed by atoms with van der Waals surface area (Å²) in [6.45, 7) is 1.91. The number of fused-ring (bicyclic) bond motifs is 1. The van der Waals surface area contributed by atoms with Crippen LogP contribution in [0.25, 0.3) is 10.2 Å². The Morgan fingerprint density at radius 1 is 1.62 bits per heavy atom. The van der Waals surface area contributed by atoms with Gasteiger partial charge in [-0.2, -0.15) is 0 Å². The third kappa shape index (κ3) is 1.40. The molecule has 2 aromatic heterocycles. The van der Waals surface area contributed by atoms with Crippen molar-refractivity contribution in [2.75, 3.05) is 0 Å². The van der Waals surface area contributed by atoms with Gasteiger partial charge in [0.05, 0.1) is 15.8 Å². The van der Waals surface area contributed by atoms with Gasteiger partial charge >= 0.3 is 0 Å². The van der Waals surface area contributed by atoms with Gasteiger partial charge in [-0.15, -0.1) is 11.3 Å². The molecule has 13 heavy (non-hydrogen) atoms. The molecule has 0 aromatic carbocycles. The van der Waals surface area contributed by atoms with Crippen LogP contribution < -0.4 is 0 Å². The zero-order valence-corrected chi connectivity index (χ0v) is 9.28. The number of aryl methyl sites for hydroxylation is 1. The highest BCUT2D eigenvalue weighted by atomic mass is 79.9. The van der Waals surface area contributed by atoms with Gasteiger partial charge in [0.2, 0.25) is 0 Å². The first-order valence-corrected chi connectivity index (χ1v) is 5.39. The fourth-order valence-electron chi connectivity index (χ4n) is 1.19. The lowest BCUT2D eigenvalue weighted by Crippen LogP contribution is -1.84. The molecule has 0 saturated heterocycles. The Kier molecular flexibility index (Phi) is 2.17. The summed E-state index contributed by atoms with van der Waals surface area (Å²) in [5.74, 6) is 0. The van der Waals surface area contributed by atoms with Crippen LogP contribution in [0.3, 0.4) is 0 Å². The second-order valence-corrected chi connectivity index (χ2v) is 4.47. The lowest BCUT2D eigenvalue weighted by molar-refractivity contribution is 0.112. The van der Waals surface area contributed by atoms with E-state index in [0.717, 1.165) is 26.7 Å². The van der Waals surface area contributed by atoms with E-state index in [-0.39, 0.29) is 0 Å². The van der Waals surface area contributed by atoms with Crippen molar-refractivity contribution < 1.29 is 4.79 Å². The van der Waals surface area contributed by atoms with Gasteiger partial charge in [0.25, 0.3) is 0 Å². The first-order valence-electron chi connectivity index (χ1n) is 3.72. The van der Waals surface area contributed by atoms with Crippen LogP contribution >= 0.6 is 27.3 Å². The van der Waals surface area contributed by atoms with E-state index < -0.39 is 0 Å². The molecule has 0 radical (unpaired) electrons. The second-order valence-electron chi connectivity index (χ2n) is 2.73. The summed E-state index contributed by atoms with van der Waals surface area (Å²) in [7, 11) is 0. The molecule has 2 heterocycles. The molecule has 0 fully saturated rings. The number of aromatic nitrogens is 1. The van der Waals surface area contributed by atoms with Crippen LogP contribution in [0.5, 0.6) is 0 Å². The molecule has 0 amide bonds. The number of aldehydes is 1. The van der Waals surface area contributed by atoms with Crippen molar-refractivity contribution in [1.29, 1.82) is 0 Å². The molecule has 66 valence electrons. The third-order valence-corrected chi connectivity index (χ3v) is 3.67. The molecule has 4 heteroatoms. The van der Waals surface area contributed by atoms with Crippen LogP contribution in [0.15, 0.2) is 15.9 Å². The Balaban J connectivity index is 2.89. The van der Waals surface area contributed by atoms with Crippen molar-refractivity contribution in [3.05, 3.63) is 27.2 Å². The van der Waals surface area contributed by atoms with Gasteiger partial charge in [0.1, 0.15) is 0 Å². The molecule has 2 aromatic rings. The van der Waals surface area contributed by atoms with Crippen molar-refractivity contribution in [3.8, 4) is 0 Å². The first-order chi connectivity index (χ1) is 6.22. The van der Waals surface area contributed by atoms with Gasteiger partial charge < -0.3 is 0 Å². The lowest BCUT2D eigenvalue weighted by atomic mass is 10.3. The van der Waals surface area contributed by atoms with Crippen LogP contribution in [-0.4, -0.2) is 11.3 Å². The minimum Gasteiger partial charge on any atom is -0.298 e. The van der Waals surface area contributed by atoms with E-state index >= 15 is 0 Å². The van der Waals surface area contributed by atoms with E-state index in [0.29, 0.717) is 5.56 Å². The Labute approximate surface area is 87.7 Å². The predicted molar refractivity (Wildman–Crippen MR) is 57.4 cm³/mol. The smallest absolute Gasteiger partial charge is 0.153 e. The quantitative estimate of drug-likeness (QED) is 0.733. The molecule has 0 bridgehead atoms. The molecular weight excluding hydrogens is 250 g/mol. The largest absolute Gasteiger partial charge is 0.298 e. The van der Waals surface area contributed by atoms with Crippen LogP contribution in [0.2, 0.25) is 0 Å². The summed E-state index contributed by atoms with van der Waals surface area (Å²) in [5.41, 5.74) is 2.39. The fourth-order valence-corrected chi connectivity index (χ4v) is 2.85. The monoisotopic (exact) mass is 255 g/mol. The van der Waals surface area contributed by atoms with E-state index in [2.05, 4.69) is 20.9 Å². The van der Waals surface area contributed by atoms with E-state index in [1.165, 1.54) is 11.3 Å². The summed E-state index contributed by atoms with van der Waals surface area (Å²) in [6.07, 6.45) is 0.845. The number of halogens is 1. The molecule has 0 atom stereocenters. The van der Waals surface area contributed by atoms with Gasteiger partial charge in [-0.3, -0.25) is 9.78 Å². The average Bonchev–Trinajstić information content (AvgIpc) is 2.47. The summed E-state index contributed by atoms with van der Waals surface area (Å²) < 4.78 is 2.04. The molecule has 2 rings (SSSR count). The standard InChI is InChI=1S/C9H6BrNOS/c1-5-2-7(10)9-8(11-5)6(3-12)4-13-9/h2-4H,1H3. The normalized spacial score (nSPS) is 10.6. The number of hydrogen-bond donors (Lipinski definition) is 0. The van der Waals surface area contributed by atoms with Gasteiger partial charge in [0.15, 0.2) is 6.29 Å². The second kappa shape index (κ2) is 3.20. The topological polar surface area (TPSA) is 30.0 Å². The number of thiophene rings is 1. The third-order valence-electron chi connectivity index (χ3n) is 1.76. The fraction of sp³-hybridized carbons (Fsp3) is 0.111.